The van der Waals surface area contributed by atoms with Crippen LogP contribution in [0.15, 0.2) is 0 Å². The Kier molecular flexibility index (Phi) is 4.97. The molecule has 1 saturated heterocycles. The summed E-state index contributed by atoms with van der Waals surface area (Å²) < 4.78 is 4.88. The Bertz CT molecular complexity index is 214. The number of hydrogen-bond acceptors (Lipinski definition) is 5. The maximum atomic E-state index is 11.3. The molecule has 0 aromatic carbocycles. The van der Waals surface area contributed by atoms with Crippen molar-refractivity contribution in [2.45, 2.75) is 25.8 Å². The Morgan fingerprint density at radius 1 is 1.57 bits per heavy atom. The molecule has 1 fully saturated rings. The van der Waals surface area contributed by atoms with Crippen LogP contribution in [0.2, 0.25) is 0 Å². The first-order chi connectivity index (χ1) is 6.74. The van der Waals surface area contributed by atoms with Crippen LogP contribution in [-0.2, 0) is 14.3 Å². The number of hydrogen-bond donors (Lipinski definition) is 1. The minimum Gasteiger partial charge on any atom is -0.457 e. The van der Waals surface area contributed by atoms with Crippen LogP contribution in [0.1, 0.15) is 19.8 Å². The summed E-state index contributed by atoms with van der Waals surface area (Å²) in [6, 6.07) is -0.227. The molecule has 80 valence electrons. The molecule has 1 rings (SSSR count). The summed E-state index contributed by atoms with van der Waals surface area (Å²) in [5, 5.41) is 2.99. The SMILES string of the molecule is CCCC(=O)COC(=O)[C@@H]1CSCN1. The van der Waals surface area contributed by atoms with Crippen molar-refractivity contribution in [1.29, 1.82) is 0 Å². The van der Waals surface area contributed by atoms with Gasteiger partial charge in [0.05, 0.1) is 0 Å². The smallest absolute Gasteiger partial charge is 0.324 e. The molecule has 1 heterocycles. The summed E-state index contributed by atoms with van der Waals surface area (Å²) >= 11 is 1.66. The van der Waals surface area contributed by atoms with Gasteiger partial charge in [-0.25, -0.2) is 0 Å². The Morgan fingerprint density at radius 3 is 2.93 bits per heavy atom. The third-order valence-corrected chi connectivity index (χ3v) is 2.84. The number of thioether (sulfide) groups is 1. The number of nitrogens with one attached hydrogen (secondary N) is 1. The molecule has 0 aromatic rings. The molecule has 1 atom stereocenters. The van der Waals surface area contributed by atoms with E-state index < -0.39 is 0 Å². The highest BCUT2D eigenvalue weighted by Crippen LogP contribution is 2.10. The van der Waals surface area contributed by atoms with Crippen LogP contribution in [0, 0.1) is 0 Å². The van der Waals surface area contributed by atoms with E-state index in [1.165, 1.54) is 0 Å². The van der Waals surface area contributed by atoms with E-state index in [1.54, 1.807) is 11.8 Å². The Labute approximate surface area is 87.8 Å². The van der Waals surface area contributed by atoms with Crippen LogP contribution in [-0.4, -0.2) is 36.0 Å². The van der Waals surface area contributed by atoms with Crippen molar-refractivity contribution in [2.75, 3.05) is 18.2 Å². The van der Waals surface area contributed by atoms with Gasteiger partial charge in [0.25, 0.3) is 0 Å². The highest BCUT2D eigenvalue weighted by atomic mass is 32.2. The first-order valence-corrected chi connectivity index (χ1v) is 5.89. The van der Waals surface area contributed by atoms with Crippen molar-refractivity contribution >= 4 is 23.5 Å². The minimum atomic E-state index is -0.306. The molecule has 1 N–H and O–H groups in total. The van der Waals surface area contributed by atoms with Crippen molar-refractivity contribution in [2.24, 2.45) is 0 Å². The number of Topliss-reactive ketones (excluding diaryl/α,β-unsaturated/α-hetero) is 1. The van der Waals surface area contributed by atoms with Crippen LogP contribution in [0.25, 0.3) is 0 Å². The lowest BCUT2D eigenvalue weighted by molar-refractivity contribution is -0.149. The zero-order valence-corrected chi connectivity index (χ0v) is 9.06. The summed E-state index contributed by atoms with van der Waals surface area (Å²) in [5.74, 6) is 1.20. The van der Waals surface area contributed by atoms with E-state index >= 15 is 0 Å². The fourth-order valence-corrected chi connectivity index (χ4v) is 2.08. The first-order valence-electron chi connectivity index (χ1n) is 4.73. The van der Waals surface area contributed by atoms with Gasteiger partial charge in [0.1, 0.15) is 12.6 Å². The fraction of sp³-hybridized carbons (Fsp3) is 0.778. The molecule has 0 aliphatic carbocycles. The van der Waals surface area contributed by atoms with E-state index in [2.05, 4.69) is 5.32 Å². The minimum absolute atomic E-state index is 0.00787. The predicted octanol–water partition coefficient (Wildman–Crippen LogP) is 0.561. The van der Waals surface area contributed by atoms with E-state index in [0.717, 1.165) is 18.1 Å². The molecule has 0 amide bonds. The molecule has 1 aliphatic heterocycles. The van der Waals surface area contributed by atoms with Crippen LogP contribution in [0.5, 0.6) is 0 Å². The summed E-state index contributed by atoms with van der Waals surface area (Å²) in [7, 11) is 0. The van der Waals surface area contributed by atoms with Crippen LogP contribution < -0.4 is 5.32 Å². The van der Waals surface area contributed by atoms with Gasteiger partial charge in [0.2, 0.25) is 0 Å². The predicted molar refractivity (Wildman–Crippen MR) is 55.1 cm³/mol. The number of esters is 1. The van der Waals surface area contributed by atoms with Gasteiger partial charge in [0, 0.05) is 18.1 Å². The Hall–Kier alpha value is -0.550. The third kappa shape index (κ3) is 3.67. The zero-order valence-electron chi connectivity index (χ0n) is 8.25. The average molecular weight is 217 g/mol. The summed E-state index contributed by atoms with van der Waals surface area (Å²) in [6.07, 6.45) is 1.29. The Morgan fingerprint density at radius 2 is 2.36 bits per heavy atom. The quantitative estimate of drug-likeness (QED) is 0.682. The maximum Gasteiger partial charge on any atom is 0.324 e. The second-order valence-corrected chi connectivity index (χ2v) is 4.20. The molecule has 0 aromatic heterocycles. The topological polar surface area (TPSA) is 55.4 Å². The second kappa shape index (κ2) is 6.03. The highest BCUT2D eigenvalue weighted by molar-refractivity contribution is 7.99. The van der Waals surface area contributed by atoms with E-state index in [9.17, 15) is 9.59 Å². The van der Waals surface area contributed by atoms with Crippen molar-refractivity contribution in [3.05, 3.63) is 0 Å². The van der Waals surface area contributed by atoms with Gasteiger partial charge < -0.3 is 4.74 Å². The van der Waals surface area contributed by atoms with Gasteiger partial charge >= 0.3 is 5.97 Å². The van der Waals surface area contributed by atoms with E-state index in [-0.39, 0.29) is 24.4 Å². The standard InChI is InChI=1S/C9H15NO3S/c1-2-3-7(11)4-13-9(12)8-5-14-6-10-8/h8,10H,2-6H2,1H3/t8-/m0/s1. The summed E-state index contributed by atoms with van der Waals surface area (Å²) in [4.78, 5) is 22.4. The van der Waals surface area contributed by atoms with Gasteiger partial charge in [-0.05, 0) is 6.42 Å². The lowest BCUT2D eigenvalue weighted by Crippen LogP contribution is -2.35. The van der Waals surface area contributed by atoms with Crippen LogP contribution >= 0.6 is 11.8 Å². The monoisotopic (exact) mass is 217 g/mol. The fourth-order valence-electron chi connectivity index (χ4n) is 1.15. The molecule has 0 unspecified atom stereocenters. The molecule has 0 saturated carbocycles. The van der Waals surface area contributed by atoms with Gasteiger partial charge in [-0.1, -0.05) is 6.92 Å². The van der Waals surface area contributed by atoms with Crippen LogP contribution in [0.4, 0.5) is 0 Å². The van der Waals surface area contributed by atoms with Gasteiger partial charge in [0.15, 0.2) is 5.78 Å². The largest absolute Gasteiger partial charge is 0.457 e. The number of carbonyl (C=O) groups is 2. The van der Waals surface area contributed by atoms with Crippen molar-refractivity contribution in [3.63, 3.8) is 0 Å². The van der Waals surface area contributed by atoms with Gasteiger partial charge in [-0.15, -0.1) is 11.8 Å². The third-order valence-electron chi connectivity index (χ3n) is 1.91. The molecule has 1 aliphatic rings. The number of ether oxygens (including phenoxy) is 1. The number of rotatable bonds is 5. The van der Waals surface area contributed by atoms with Crippen molar-refractivity contribution in [3.8, 4) is 0 Å². The maximum absolute atomic E-state index is 11.3. The highest BCUT2D eigenvalue weighted by Gasteiger charge is 2.24. The molecule has 5 heteroatoms. The lowest BCUT2D eigenvalue weighted by Gasteiger charge is -2.08. The molecule has 4 nitrogen and oxygen atoms in total. The van der Waals surface area contributed by atoms with Gasteiger partial charge in [-0.3, -0.25) is 14.9 Å². The molecular formula is C9H15NO3S. The zero-order chi connectivity index (χ0) is 10.4. The number of ketones is 1. The molecule has 0 spiro atoms. The van der Waals surface area contributed by atoms with Crippen LogP contribution in [0.3, 0.4) is 0 Å². The molecule has 0 bridgehead atoms. The molecule has 0 radical (unpaired) electrons. The van der Waals surface area contributed by atoms with Crippen molar-refractivity contribution < 1.29 is 14.3 Å². The summed E-state index contributed by atoms with van der Waals surface area (Å²) in [5.41, 5.74) is 0. The Balaban J connectivity index is 2.17. The summed E-state index contributed by atoms with van der Waals surface area (Å²) in [6.45, 7) is 1.85. The van der Waals surface area contributed by atoms with E-state index in [1.807, 2.05) is 6.92 Å². The first kappa shape index (κ1) is 11.5. The van der Waals surface area contributed by atoms with Crippen molar-refractivity contribution in [1.82, 2.24) is 5.32 Å². The van der Waals surface area contributed by atoms with Gasteiger partial charge in [-0.2, -0.15) is 0 Å². The average Bonchev–Trinajstić information content (AvgIpc) is 2.67. The lowest BCUT2D eigenvalue weighted by atomic mass is 10.2. The second-order valence-electron chi connectivity index (χ2n) is 3.17. The normalized spacial score (nSPS) is 20.8. The molecule has 14 heavy (non-hydrogen) atoms. The number of carbonyl (C=O) groups excluding carboxylic acids is 2. The van der Waals surface area contributed by atoms with E-state index in [4.69, 9.17) is 4.74 Å². The van der Waals surface area contributed by atoms with E-state index in [0.29, 0.717) is 6.42 Å². The molecular weight excluding hydrogens is 202 g/mol.